The van der Waals surface area contributed by atoms with E-state index in [9.17, 15) is 0 Å². The van der Waals surface area contributed by atoms with E-state index in [1.807, 2.05) is 0 Å². The van der Waals surface area contributed by atoms with Crippen molar-refractivity contribution < 1.29 is 0 Å². The summed E-state index contributed by atoms with van der Waals surface area (Å²) in [6.07, 6.45) is 5.15. The maximum Gasteiger partial charge on any atom is 0.0399 e. The summed E-state index contributed by atoms with van der Waals surface area (Å²) < 4.78 is 0. The average molecular weight is 284 g/mol. The Kier molecular flexibility index (Phi) is 4.34. The van der Waals surface area contributed by atoms with Crippen molar-refractivity contribution in [3.63, 3.8) is 0 Å². The Bertz CT molecular complexity index is 516. The van der Waals surface area contributed by atoms with E-state index in [2.05, 4.69) is 54.8 Å². The van der Waals surface area contributed by atoms with Crippen LogP contribution in [0.2, 0.25) is 0 Å². The first kappa shape index (κ1) is 14.6. The van der Waals surface area contributed by atoms with Crippen molar-refractivity contribution in [2.75, 3.05) is 37.6 Å². The van der Waals surface area contributed by atoms with Gasteiger partial charge in [-0.1, -0.05) is 30.7 Å². The summed E-state index contributed by atoms with van der Waals surface area (Å²) in [6.45, 7) is 12.6. The number of benzene rings is 1. The molecule has 1 aromatic carbocycles. The summed E-state index contributed by atoms with van der Waals surface area (Å²) in [7, 11) is 0. The van der Waals surface area contributed by atoms with E-state index in [1.165, 1.54) is 42.7 Å². The van der Waals surface area contributed by atoms with Gasteiger partial charge in [-0.2, -0.15) is 0 Å². The zero-order valence-corrected chi connectivity index (χ0v) is 13.7. The lowest BCUT2D eigenvalue weighted by molar-refractivity contribution is 0.281. The molecule has 2 aliphatic rings. The Morgan fingerprint density at radius 2 is 1.81 bits per heavy atom. The molecule has 2 nitrogen and oxygen atoms in total. The van der Waals surface area contributed by atoms with E-state index < -0.39 is 0 Å². The molecule has 0 bridgehead atoms. The van der Waals surface area contributed by atoms with Gasteiger partial charge in [-0.25, -0.2) is 0 Å². The van der Waals surface area contributed by atoms with Crippen LogP contribution in [-0.2, 0) is 0 Å². The highest BCUT2D eigenvalue weighted by Crippen LogP contribution is 2.32. The number of anilines is 1. The number of hydrogen-bond donors (Lipinski definition) is 0. The van der Waals surface area contributed by atoms with Gasteiger partial charge in [0, 0.05) is 38.4 Å². The minimum absolute atomic E-state index is 0.928. The van der Waals surface area contributed by atoms with Crippen LogP contribution in [0.15, 0.2) is 29.8 Å². The highest BCUT2D eigenvalue weighted by Gasteiger charge is 2.20. The van der Waals surface area contributed by atoms with E-state index in [1.54, 1.807) is 5.57 Å². The number of rotatable bonds is 3. The van der Waals surface area contributed by atoms with Crippen LogP contribution in [-0.4, -0.2) is 37.6 Å². The van der Waals surface area contributed by atoms with Gasteiger partial charge in [0.2, 0.25) is 0 Å². The molecule has 21 heavy (non-hydrogen) atoms. The highest BCUT2D eigenvalue weighted by molar-refractivity contribution is 5.56. The van der Waals surface area contributed by atoms with Gasteiger partial charge in [0.15, 0.2) is 0 Å². The molecule has 0 spiro atoms. The Hall–Kier alpha value is -1.28. The van der Waals surface area contributed by atoms with Crippen molar-refractivity contribution in [3.8, 4) is 0 Å². The van der Waals surface area contributed by atoms with Crippen molar-refractivity contribution in [3.05, 3.63) is 41.0 Å². The molecule has 0 N–H and O–H groups in total. The smallest absolute Gasteiger partial charge is 0.0399 e. The van der Waals surface area contributed by atoms with Crippen molar-refractivity contribution in [1.29, 1.82) is 0 Å². The van der Waals surface area contributed by atoms with Crippen LogP contribution in [0.25, 0.3) is 0 Å². The molecule has 2 heteroatoms. The SMILES string of the molecule is Cc1cccc(N2CCN(CC=C3CC(C)C3)CC2)c1C. The van der Waals surface area contributed by atoms with Gasteiger partial charge < -0.3 is 4.90 Å². The van der Waals surface area contributed by atoms with E-state index in [0.29, 0.717) is 0 Å². The molecule has 0 amide bonds. The van der Waals surface area contributed by atoms with E-state index in [4.69, 9.17) is 0 Å². The second kappa shape index (κ2) is 6.23. The first-order valence-electron chi connectivity index (χ1n) is 8.35. The normalized spacial score (nSPS) is 23.1. The second-order valence-electron chi connectivity index (χ2n) is 6.88. The van der Waals surface area contributed by atoms with Crippen LogP contribution in [0, 0.1) is 19.8 Å². The van der Waals surface area contributed by atoms with E-state index in [-0.39, 0.29) is 0 Å². The highest BCUT2D eigenvalue weighted by atomic mass is 15.3. The maximum atomic E-state index is 2.59. The summed E-state index contributed by atoms with van der Waals surface area (Å²) in [5.41, 5.74) is 5.95. The lowest BCUT2D eigenvalue weighted by Gasteiger charge is -2.37. The van der Waals surface area contributed by atoms with Crippen LogP contribution in [0.4, 0.5) is 5.69 Å². The van der Waals surface area contributed by atoms with Crippen molar-refractivity contribution in [1.82, 2.24) is 4.90 Å². The summed E-state index contributed by atoms with van der Waals surface area (Å²) >= 11 is 0. The fourth-order valence-corrected chi connectivity index (χ4v) is 3.51. The fraction of sp³-hybridized carbons (Fsp3) is 0.579. The van der Waals surface area contributed by atoms with Crippen molar-refractivity contribution in [2.45, 2.75) is 33.6 Å². The molecule has 1 aliphatic carbocycles. The van der Waals surface area contributed by atoms with Crippen LogP contribution >= 0.6 is 0 Å². The molecule has 0 radical (unpaired) electrons. The number of nitrogens with zero attached hydrogens (tertiary/aromatic N) is 2. The summed E-state index contributed by atoms with van der Waals surface area (Å²) in [6, 6.07) is 6.67. The number of hydrogen-bond acceptors (Lipinski definition) is 2. The third-order valence-electron chi connectivity index (χ3n) is 5.15. The van der Waals surface area contributed by atoms with Crippen molar-refractivity contribution in [2.24, 2.45) is 5.92 Å². The summed E-state index contributed by atoms with van der Waals surface area (Å²) in [5.74, 6) is 0.928. The molecule has 1 saturated heterocycles. The van der Waals surface area contributed by atoms with Gasteiger partial charge >= 0.3 is 0 Å². The molecule has 0 aromatic heterocycles. The largest absolute Gasteiger partial charge is 0.369 e. The van der Waals surface area contributed by atoms with E-state index >= 15 is 0 Å². The zero-order chi connectivity index (χ0) is 14.8. The van der Waals surface area contributed by atoms with Gasteiger partial charge in [0.1, 0.15) is 0 Å². The predicted molar refractivity (Wildman–Crippen MR) is 91.1 cm³/mol. The molecule has 0 unspecified atom stereocenters. The topological polar surface area (TPSA) is 6.48 Å². The molecule has 0 atom stereocenters. The molecular weight excluding hydrogens is 256 g/mol. The minimum Gasteiger partial charge on any atom is -0.369 e. The predicted octanol–water partition coefficient (Wildman–Crippen LogP) is 3.78. The number of allylic oxidation sites excluding steroid dienone is 1. The first-order valence-corrected chi connectivity index (χ1v) is 8.35. The molecule has 1 aliphatic heterocycles. The third-order valence-corrected chi connectivity index (χ3v) is 5.15. The molecular formula is C19H28N2. The molecule has 1 aromatic rings. The van der Waals surface area contributed by atoms with Gasteiger partial charge in [0.25, 0.3) is 0 Å². The molecule has 1 saturated carbocycles. The Morgan fingerprint density at radius 3 is 2.48 bits per heavy atom. The zero-order valence-electron chi connectivity index (χ0n) is 13.7. The monoisotopic (exact) mass is 284 g/mol. The second-order valence-corrected chi connectivity index (χ2v) is 6.88. The quantitative estimate of drug-likeness (QED) is 0.779. The maximum absolute atomic E-state index is 2.59. The fourth-order valence-electron chi connectivity index (χ4n) is 3.51. The lowest BCUT2D eigenvalue weighted by Crippen LogP contribution is -2.46. The average Bonchev–Trinajstić information content (AvgIpc) is 2.46. The lowest BCUT2D eigenvalue weighted by atomic mass is 9.81. The van der Waals surface area contributed by atoms with E-state index in [0.717, 1.165) is 25.6 Å². The van der Waals surface area contributed by atoms with Crippen LogP contribution < -0.4 is 4.90 Å². The molecule has 1 heterocycles. The third kappa shape index (κ3) is 3.32. The number of aryl methyl sites for hydroxylation is 1. The Labute approximate surface area is 129 Å². The Balaban J connectivity index is 1.53. The minimum atomic E-state index is 0.928. The Morgan fingerprint density at radius 1 is 1.10 bits per heavy atom. The standard InChI is InChI=1S/C19H28N2/c1-15-13-18(14-15)7-8-20-9-11-21(12-10-20)19-6-4-5-16(2)17(19)3/h4-7,15H,8-14H2,1-3H3. The first-order chi connectivity index (χ1) is 10.1. The molecule has 3 rings (SSSR count). The van der Waals surface area contributed by atoms with Crippen molar-refractivity contribution >= 4 is 5.69 Å². The van der Waals surface area contributed by atoms with Crippen LogP contribution in [0.5, 0.6) is 0 Å². The van der Waals surface area contributed by atoms with Crippen LogP contribution in [0.3, 0.4) is 0 Å². The summed E-state index contributed by atoms with van der Waals surface area (Å²) in [4.78, 5) is 5.15. The van der Waals surface area contributed by atoms with Gasteiger partial charge in [-0.15, -0.1) is 0 Å². The molecule has 114 valence electrons. The number of piperazine rings is 1. The summed E-state index contributed by atoms with van der Waals surface area (Å²) in [5, 5.41) is 0. The van der Waals surface area contributed by atoms with Crippen LogP contribution in [0.1, 0.15) is 30.9 Å². The van der Waals surface area contributed by atoms with Gasteiger partial charge in [-0.05, 0) is 49.8 Å². The molecule has 2 fully saturated rings. The van der Waals surface area contributed by atoms with Gasteiger partial charge in [-0.3, -0.25) is 4.90 Å². The van der Waals surface area contributed by atoms with Gasteiger partial charge in [0.05, 0.1) is 0 Å².